The minimum atomic E-state index is -0.0515. The van der Waals surface area contributed by atoms with Crippen molar-refractivity contribution >= 4 is 18.2 Å². The number of aromatic nitrogens is 1. The zero-order valence-corrected chi connectivity index (χ0v) is 9.97. The lowest BCUT2D eigenvalue weighted by atomic mass is 10.1. The molecule has 0 aromatic carbocycles. The molecular weight excluding hydrogens is 220 g/mol. The van der Waals surface area contributed by atoms with E-state index < -0.39 is 0 Å². The minimum absolute atomic E-state index is 0.0515. The second kappa shape index (κ2) is 6.62. The van der Waals surface area contributed by atoms with Crippen LogP contribution in [0, 0.1) is 5.92 Å². The molecule has 0 atom stereocenters. The molecule has 0 saturated heterocycles. The number of ether oxygens (including phenoxy) is 1. The first-order chi connectivity index (χ1) is 8.11. The summed E-state index contributed by atoms with van der Waals surface area (Å²) in [7, 11) is 0. The van der Waals surface area contributed by atoms with Crippen LogP contribution in [0.2, 0.25) is 0 Å². The highest BCUT2D eigenvalue weighted by Gasteiger charge is 2.05. The van der Waals surface area contributed by atoms with Gasteiger partial charge in [0.1, 0.15) is 12.4 Å². The van der Waals surface area contributed by atoms with Gasteiger partial charge in [-0.05, 0) is 12.0 Å². The molecule has 1 aromatic heterocycles. The second-order valence-corrected chi connectivity index (χ2v) is 4.11. The maximum absolute atomic E-state index is 11.5. The van der Waals surface area contributed by atoms with Crippen molar-refractivity contribution in [3.63, 3.8) is 0 Å². The normalized spacial score (nSPS) is 10.1. The van der Waals surface area contributed by atoms with Crippen LogP contribution in [-0.4, -0.2) is 17.4 Å². The molecule has 0 aliphatic rings. The fourth-order valence-corrected chi connectivity index (χ4v) is 1.28. The molecule has 0 saturated carbocycles. The lowest BCUT2D eigenvalue weighted by Crippen LogP contribution is -2.14. The van der Waals surface area contributed by atoms with Gasteiger partial charge in [-0.3, -0.25) is 9.59 Å². The van der Waals surface area contributed by atoms with E-state index in [-0.39, 0.29) is 12.5 Å². The number of carbonyl (C=O) groups is 2. The summed E-state index contributed by atoms with van der Waals surface area (Å²) in [5.74, 6) is 0.769. The number of anilines is 1. The monoisotopic (exact) mass is 236 g/mol. The van der Waals surface area contributed by atoms with Gasteiger partial charge in [0.2, 0.25) is 5.91 Å². The Morgan fingerprint density at radius 2 is 2.29 bits per heavy atom. The van der Waals surface area contributed by atoms with Crippen LogP contribution in [-0.2, 0) is 20.9 Å². The van der Waals surface area contributed by atoms with Crippen molar-refractivity contribution in [3.8, 4) is 0 Å². The van der Waals surface area contributed by atoms with E-state index in [4.69, 9.17) is 0 Å². The molecule has 0 aliphatic heterocycles. The van der Waals surface area contributed by atoms with Crippen LogP contribution in [0.25, 0.3) is 0 Å². The first-order valence-corrected chi connectivity index (χ1v) is 5.42. The second-order valence-electron chi connectivity index (χ2n) is 4.11. The number of nitrogens with one attached hydrogen (secondary N) is 1. The van der Waals surface area contributed by atoms with Gasteiger partial charge < -0.3 is 10.1 Å². The van der Waals surface area contributed by atoms with Gasteiger partial charge in [0.25, 0.3) is 6.47 Å². The molecule has 17 heavy (non-hydrogen) atoms. The smallest absolute Gasteiger partial charge is 0.293 e. The Kier molecular flexibility index (Phi) is 5.13. The molecule has 5 nitrogen and oxygen atoms in total. The number of pyridine rings is 1. The fourth-order valence-electron chi connectivity index (χ4n) is 1.28. The van der Waals surface area contributed by atoms with Crippen LogP contribution in [0.1, 0.15) is 25.8 Å². The summed E-state index contributed by atoms with van der Waals surface area (Å²) in [6.07, 6.45) is 2.03. The van der Waals surface area contributed by atoms with E-state index in [1.807, 2.05) is 13.8 Å². The van der Waals surface area contributed by atoms with Gasteiger partial charge in [0, 0.05) is 18.2 Å². The molecular formula is C12H16N2O3. The van der Waals surface area contributed by atoms with Crippen LogP contribution in [0.3, 0.4) is 0 Å². The van der Waals surface area contributed by atoms with Gasteiger partial charge in [-0.25, -0.2) is 4.98 Å². The number of nitrogens with zero attached hydrogens (tertiary/aromatic N) is 1. The Labute approximate surface area is 100 Å². The molecule has 0 spiro atoms. The van der Waals surface area contributed by atoms with E-state index in [0.717, 1.165) is 5.56 Å². The quantitative estimate of drug-likeness (QED) is 0.764. The Bertz CT molecular complexity index is 374. The molecule has 5 heteroatoms. The van der Waals surface area contributed by atoms with E-state index >= 15 is 0 Å². The maximum atomic E-state index is 11.5. The SMILES string of the molecule is CC(C)CC(=O)Nc1ccc(COC=O)cn1. The highest BCUT2D eigenvalue weighted by atomic mass is 16.5. The van der Waals surface area contributed by atoms with Gasteiger partial charge in [0.15, 0.2) is 0 Å². The Hall–Kier alpha value is -1.91. The fraction of sp³-hybridized carbons (Fsp3) is 0.417. The number of hydrogen-bond acceptors (Lipinski definition) is 4. The van der Waals surface area contributed by atoms with Crippen molar-refractivity contribution < 1.29 is 14.3 Å². The summed E-state index contributed by atoms with van der Waals surface area (Å²) in [6, 6.07) is 3.43. The summed E-state index contributed by atoms with van der Waals surface area (Å²) >= 11 is 0. The Morgan fingerprint density at radius 3 is 2.82 bits per heavy atom. The van der Waals surface area contributed by atoms with Crippen molar-refractivity contribution in [1.29, 1.82) is 0 Å². The molecule has 0 bridgehead atoms. The molecule has 1 N–H and O–H groups in total. The zero-order valence-electron chi connectivity index (χ0n) is 9.97. The number of amides is 1. The third-order valence-corrected chi connectivity index (χ3v) is 2.00. The first-order valence-electron chi connectivity index (χ1n) is 5.42. The van der Waals surface area contributed by atoms with E-state index in [1.54, 1.807) is 18.3 Å². The number of rotatable bonds is 6. The number of carbonyl (C=O) groups excluding carboxylic acids is 2. The van der Waals surface area contributed by atoms with Gasteiger partial charge in [-0.1, -0.05) is 19.9 Å². The topological polar surface area (TPSA) is 68.3 Å². The van der Waals surface area contributed by atoms with Crippen molar-refractivity contribution in [1.82, 2.24) is 4.98 Å². The molecule has 1 rings (SSSR count). The molecule has 92 valence electrons. The van der Waals surface area contributed by atoms with Gasteiger partial charge >= 0.3 is 0 Å². The van der Waals surface area contributed by atoms with Crippen molar-refractivity contribution in [3.05, 3.63) is 23.9 Å². The van der Waals surface area contributed by atoms with Crippen LogP contribution < -0.4 is 5.32 Å². The van der Waals surface area contributed by atoms with Gasteiger partial charge in [-0.2, -0.15) is 0 Å². The van der Waals surface area contributed by atoms with Crippen molar-refractivity contribution in [2.24, 2.45) is 5.92 Å². The maximum Gasteiger partial charge on any atom is 0.293 e. The molecule has 0 fully saturated rings. The van der Waals surface area contributed by atoms with Gasteiger partial charge in [0.05, 0.1) is 0 Å². The minimum Gasteiger partial charge on any atom is -0.463 e. The molecule has 0 aliphatic carbocycles. The lowest BCUT2D eigenvalue weighted by Gasteiger charge is -2.06. The largest absolute Gasteiger partial charge is 0.463 e. The van der Waals surface area contributed by atoms with E-state index in [1.165, 1.54) is 0 Å². The summed E-state index contributed by atoms with van der Waals surface area (Å²) in [6.45, 7) is 4.54. The molecule has 1 aromatic rings. The molecule has 1 heterocycles. The standard InChI is InChI=1S/C12H16N2O3/c1-9(2)5-12(16)14-11-4-3-10(6-13-11)7-17-8-15/h3-4,6,8-9H,5,7H2,1-2H3,(H,13,14,16). The highest BCUT2D eigenvalue weighted by molar-refractivity contribution is 5.89. The van der Waals surface area contributed by atoms with E-state index in [0.29, 0.717) is 24.6 Å². The summed E-state index contributed by atoms with van der Waals surface area (Å²) < 4.78 is 4.59. The Balaban J connectivity index is 2.50. The average Bonchev–Trinajstić information content (AvgIpc) is 2.27. The van der Waals surface area contributed by atoms with E-state index in [2.05, 4.69) is 15.0 Å². The van der Waals surface area contributed by atoms with Crippen LogP contribution in [0.4, 0.5) is 5.82 Å². The third kappa shape index (κ3) is 5.10. The molecule has 1 amide bonds. The summed E-state index contributed by atoms with van der Waals surface area (Å²) in [5.41, 5.74) is 0.777. The van der Waals surface area contributed by atoms with Crippen LogP contribution >= 0.6 is 0 Å². The van der Waals surface area contributed by atoms with Crippen molar-refractivity contribution in [2.75, 3.05) is 5.32 Å². The average molecular weight is 236 g/mol. The van der Waals surface area contributed by atoms with Gasteiger partial charge in [-0.15, -0.1) is 0 Å². The van der Waals surface area contributed by atoms with Crippen LogP contribution in [0.15, 0.2) is 18.3 Å². The summed E-state index contributed by atoms with van der Waals surface area (Å²) in [5, 5.41) is 2.70. The zero-order chi connectivity index (χ0) is 12.7. The molecule has 0 unspecified atom stereocenters. The Morgan fingerprint density at radius 1 is 1.53 bits per heavy atom. The first kappa shape index (κ1) is 13.2. The highest BCUT2D eigenvalue weighted by Crippen LogP contribution is 2.08. The predicted molar refractivity (Wildman–Crippen MR) is 63.2 cm³/mol. The lowest BCUT2D eigenvalue weighted by molar-refractivity contribution is -0.129. The summed E-state index contributed by atoms with van der Waals surface area (Å²) in [4.78, 5) is 25.5. The molecule has 0 radical (unpaired) electrons. The predicted octanol–water partition coefficient (Wildman–Crippen LogP) is 1.74. The third-order valence-electron chi connectivity index (χ3n) is 2.00. The van der Waals surface area contributed by atoms with Crippen molar-refractivity contribution in [2.45, 2.75) is 26.9 Å². The van der Waals surface area contributed by atoms with Crippen LogP contribution in [0.5, 0.6) is 0 Å². The number of hydrogen-bond donors (Lipinski definition) is 1. The van der Waals surface area contributed by atoms with E-state index in [9.17, 15) is 9.59 Å².